The quantitative estimate of drug-likeness (QED) is 0.716. The molecule has 5 nitrogen and oxygen atoms in total. The van der Waals surface area contributed by atoms with Crippen LogP contribution in [0.15, 0.2) is 12.1 Å². The van der Waals surface area contributed by atoms with Crippen molar-refractivity contribution >= 4 is 11.6 Å². The summed E-state index contributed by atoms with van der Waals surface area (Å²) in [5.74, 6) is -0.0965. The number of amides is 1. The lowest BCUT2D eigenvalue weighted by Crippen LogP contribution is -2.47. The Morgan fingerprint density at radius 1 is 1.22 bits per heavy atom. The monoisotopic (exact) mass is 322 g/mol. The summed E-state index contributed by atoms with van der Waals surface area (Å²) in [6.45, 7) is 9.80. The predicted octanol–water partition coefficient (Wildman–Crippen LogP) is 1.86. The van der Waals surface area contributed by atoms with E-state index in [9.17, 15) is 15.0 Å². The molecular weight excluding hydrogens is 292 g/mol. The highest BCUT2D eigenvalue weighted by Crippen LogP contribution is 2.23. The molecule has 0 aromatic heterocycles. The molecule has 0 aliphatic heterocycles. The molecule has 1 amide bonds. The minimum Gasteiger partial charge on any atom is -0.396 e. The van der Waals surface area contributed by atoms with Crippen LogP contribution in [-0.2, 0) is 4.79 Å². The zero-order chi connectivity index (χ0) is 17.8. The maximum absolute atomic E-state index is 12.5. The van der Waals surface area contributed by atoms with Gasteiger partial charge in [0.05, 0.1) is 19.3 Å². The molecule has 0 saturated carbocycles. The third kappa shape index (κ3) is 5.03. The van der Waals surface area contributed by atoms with E-state index in [0.29, 0.717) is 6.54 Å². The summed E-state index contributed by atoms with van der Waals surface area (Å²) in [5, 5.41) is 21.8. The second-order valence-electron chi connectivity index (χ2n) is 6.98. The first-order valence-electron chi connectivity index (χ1n) is 7.94. The predicted molar refractivity (Wildman–Crippen MR) is 93.7 cm³/mol. The molecular formula is C18H30N2O3. The molecule has 1 aromatic rings. The Kier molecular flexibility index (Phi) is 6.74. The van der Waals surface area contributed by atoms with Gasteiger partial charge < -0.3 is 15.5 Å². The number of hydrogen-bond acceptors (Lipinski definition) is 4. The first kappa shape index (κ1) is 19.6. The van der Waals surface area contributed by atoms with Crippen LogP contribution >= 0.6 is 0 Å². The van der Waals surface area contributed by atoms with E-state index in [1.54, 1.807) is 6.92 Å². The standard InChI is InChI=1S/C18H30N2O3/c1-12-7-13(2)16(14(3)8-12)19-17(23)15(4)20(6)9-18(5,10-21)11-22/h7-8,15,21-22H,9-11H2,1-6H3,(H,19,23). The van der Waals surface area contributed by atoms with Gasteiger partial charge in [0.15, 0.2) is 0 Å². The normalized spacial score (nSPS) is 13.3. The Balaban J connectivity index is 2.82. The van der Waals surface area contributed by atoms with E-state index in [4.69, 9.17) is 0 Å². The van der Waals surface area contributed by atoms with Gasteiger partial charge in [0.1, 0.15) is 0 Å². The number of aliphatic hydroxyl groups is 2. The van der Waals surface area contributed by atoms with E-state index < -0.39 is 5.41 Å². The van der Waals surface area contributed by atoms with Gasteiger partial charge in [-0.2, -0.15) is 0 Å². The topological polar surface area (TPSA) is 72.8 Å². The molecule has 0 saturated heterocycles. The van der Waals surface area contributed by atoms with Crippen molar-refractivity contribution in [2.75, 3.05) is 32.1 Å². The lowest BCUT2D eigenvalue weighted by atomic mass is 9.92. The fourth-order valence-corrected chi connectivity index (χ4v) is 2.69. The fraction of sp³-hybridized carbons (Fsp3) is 0.611. The third-order valence-corrected chi connectivity index (χ3v) is 4.36. The molecule has 0 radical (unpaired) electrons. The van der Waals surface area contributed by atoms with Gasteiger partial charge in [0, 0.05) is 17.6 Å². The summed E-state index contributed by atoms with van der Waals surface area (Å²) in [4.78, 5) is 14.4. The average molecular weight is 322 g/mol. The molecule has 0 fully saturated rings. The van der Waals surface area contributed by atoms with Crippen LogP contribution in [-0.4, -0.2) is 53.9 Å². The van der Waals surface area contributed by atoms with Crippen molar-refractivity contribution in [3.05, 3.63) is 28.8 Å². The number of likely N-dealkylation sites (N-methyl/N-ethyl adjacent to an activating group) is 1. The van der Waals surface area contributed by atoms with Crippen molar-refractivity contribution in [3.63, 3.8) is 0 Å². The van der Waals surface area contributed by atoms with Crippen molar-refractivity contribution in [1.82, 2.24) is 4.90 Å². The first-order valence-corrected chi connectivity index (χ1v) is 7.94. The molecule has 1 unspecified atom stereocenters. The largest absolute Gasteiger partial charge is 0.396 e. The highest BCUT2D eigenvalue weighted by Gasteiger charge is 2.28. The van der Waals surface area contributed by atoms with Crippen LogP contribution in [0, 0.1) is 26.2 Å². The summed E-state index contributed by atoms with van der Waals surface area (Å²) in [6.07, 6.45) is 0. The number of nitrogens with zero attached hydrogens (tertiary/aromatic N) is 1. The smallest absolute Gasteiger partial charge is 0.241 e. The molecule has 0 aliphatic rings. The van der Waals surface area contributed by atoms with Gasteiger partial charge >= 0.3 is 0 Å². The number of anilines is 1. The SMILES string of the molecule is Cc1cc(C)c(NC(=O)C(C)N(C)CC(C)(CO)CO)c(C)c1. The number of carbonyl (C=O) groups is 1. The van der Waals surface area contributed by atoms with Crippen LogP contribution < -0.4 is 5.32 Å². The summed E-state index contributed by atoms with van der Waals surface area (Å²) in [6, 6.07) is 3.73. The number of aliphatic hydroxyl groups excluding tert-OH is 2. The van der Waals surface area contributed by atoms with Gasteiger partial charge in [-0.25, -0.2) is 0 Å². The lowest BCUT2D eigenvalue weighted by Gasteiger charge is -2.33. The summed E-state index contributed by atoms with van der Waals surface area (Å²) in [7, 11) is 1.82. The molecule has 5 heteroatoms. The fourth-order valence-electron chi connectivity index (χ4n) is 2.69. The van der Waals surface area contributed by atoms with E-state index >= 15 is 0 Å². The first-order chi connectivity index (χ1) is 10.6. The maximum Gasteiger partial charge on any atom is 0.241 e. The Morgan fingerprint density at radius 3 is 2.13 bits per heavy atom. The molecule has 130 valence electrons. The average Bonchev–Trinajstić information content (AvgIpc) is 2.49. The number of rotatable bonds is 7. The van der Waals surface area contributed by atoms with Gasteiger partial charge in [0.2, 0.25) is 5.91 Å². The van der Waals surface area contributed by atoms with E-state index in [2.05, 4.69) is 5.32 Å². The molecule has 3 N–H and O–H groups in total. The molecule has 1 rings (SSSR count). The molecule has 0 bridgehead atoms. The van der Waals surface area contributed by atoms with Crippen molar-refractivity contribution in [3.8, 4) is 0 Å². The van der Waals surface area contributed by atoms with Gasteiger partial charge in [-0.1, -0.05) is 24.6 Å². The lowest BCUT2D eigenvalue weighted by molar-refractivity contribution is -0.121. The number of carbonyl (C=O) groups excluding carboxylic acids is 1. The van der Waals surface area contributed by atoms with Gasteiger partial charge in [0.25, 0.3) is 0 Å². The highest BCUT2D eigenvalue weighted by atomic mass is 16.3. The van der Waals surface area contributed by atoms with E-state index in [1.165, 1.54) is 5.56 Å². The van der Waals surface area contributed by atoms with Crippen molar-refractivity contribution in [2.24, 2.45) is 5.41 Å². The molecule has 1 aromatic carbocycles. The van der Waals surface area contributed by atoms with Crippen molar-refractivity contribution in [1.29, 1.82) is 0 Å². The van der Waals surface area contributed by atoms with E-state index in [1.807, 2.05) is 51.8 Å². The summed E-state index contributed by atoms with van der Waals surface area (Å²) in [5.41, 5.74) is 3.49. The molecule has 0 heterocycles. The van der Waals surface area contributed by atoms with Crippen molar-refractivity contribution in [2.45, 2.75) is 40.7 Å². The Morgan fingerprint density at radius 2 is 1.70 bits per heavy atom. The van der Waals surface area contributed by atoms with E-state index in [-0.39, 0.29) is 25.2 Å². The van der Waals surface area contributed by atoms with Crippen LogP contribution in [0.5, 0.6) is 0 Å². The molecule has 23 heavy (non-hydrogen) atoms. The van der Waals surface area contributed by atoms with Crippen LogP contribution in [0.3, 0.4) is 0 Å². The second kappa shape index (κ2) is 7.90. The second-order valence-corrected chi connectivity index (χ2v) is 6.98. The molecule has 0 spiro atoms. The Labute approximate surface area is 139 Å². The summed E-state index contributed by atoms with van der Waals surface area (Å²) >= 11 is 0. The Bertz CT molecular complexity index is 530. The van der Waals surface area contributed by atoms with Crippen LogP contribution in [0.25, 0.3) is 0 Å². The van der Waals surface area contributed by atoms with Crippen molar-refractivity contribution < 1.29 is 15.0 Å². The molecule has 1 atom stereocenters. The number of nitrogens with one attached hydrogen (secondary N) is 1. The number of aryl methyl sites for hydroxylation is 3. The third-order valence-electron chi connectivity index (χ3n) is 4.36. The van der Waals surface area contributed by atoms with Crippen LogP contribution in [0.1, 0.15) is 30.5 Å². The summed E-state index contributed by atoms with van der Waals surface area (Å²) < 4.78 is 0. The zero-order valence-corrected chi connectivity index (χ0v) is 15.1. The van der Waals surface area contributed by atoms with Gasteiger partial charge in [-0.15, -0.1) is 0 Å². The Hall–Kier alpha value is -1.43. The maximum atomic E-state index is 12.5. The van der Waals surface area contributed by atoms with E-state index in [0.717, 1.165) is 16.8 Å². The van der Waals surface area contributed by atoms with Crippen LogP contribution in [0.2, 0.25) is 0 Å². The van der Waals surface area contributed by atoms with Crippen LogP contribution in [0.4, 0.5) is 5.69 Å². The van der Waals surface area contributed by atoms with Gasteiger partial charge in [-0.05, 0) is 45.9 Å². The highest BCUT2D eigenvalue weighted by molar-refractivity contribution is 5.95. The number of hydrogen-bond donors (Lipinski definition) is 3. The number of benzene rings is 1. The zero-order valence-electron chi connectivity index (χ0n) is 15.1. The molecule has 0 aliphatic carbocycles. The van der Waals surface area contributed by atoms with Gasteiger partial charge in [-0.3, -0.25) is 9.69 Å². The minimum absolute atomic E-state index is 0.0965. The minimum atomic E-state index is -0.626.